The van der Waals surface area contributed by atoms with Crippen LogP contribution in [0.1, 0.15) is 61.4 Å². The number of thiophene rings is 1. The van der Waals surface area contributed by atoms with Crippen LogP contribution in [0.2, 0.25) is 0 Å². The fourth-order valence-electron chi connectivity index (χ4n) is 2.96. The molecule has 0 bridgehead atoms. The van der Waals surface area contributed by atoms with E-state index in [1.54, 1.807) is 4.88 Å². The second kappa shape index (κ2) is 7.41. The van der Waals surface area contributed by atoms with Crippen molar-refractivity contribution in [1.82, 2.24) is 5.32 Å². The lowest BCUT2D eigenvalue weighted by Gasteiger charge is -2.22. The topological polar surface area (TPSA) is 38.3 Å². The second-order valence-corrected chi connectivity index (χ2v) is 7.57. The summed E-state index contributed by atoms with van der Waals surface area (Å²) in [5, 5.41) is 3.46. The van der Waals surface area contributed by atoms with Gasteiger partial charge in [-0.1, -0.05) is 13.8 Å². The molecular weight excluding hydrogens is 282 g/mol. The molecule has 2 atom stereocenters. The van der Waals surface area contributed by atoms with Gasteiger partial charge in [-0.05, 0) is 56.6 Å². The second-order valence-electron chi connectivity index (χ2n) is 6.40. The molecule has 0 saturated heterocycles. The van der Waals surface area contributed by atoms with Gasteiger partial charge in [0.25, 0.3) is 0 Å². The fourth-order valence-corrected chi connectivity index (χ4v) is 4.23. The van der Waals surface area contributed by atoms with Crippen LogP contribution in [-0.2, 0) is 22.4 Å². The van der Waals surface area contributed by atoms with E-state index in [2.05, 4.69) is 32.2 Å². The predicted molar refractivity (Wildman–Crippen MR) is 87.8 cm³/mol. The minimum atomic E-state index is -0.218. The van der Waals surface area contributed by atoms with E-state index in [9.17, 15) is 4.79 Å². The van der Waals surface area contributed by atoms with E-state index in [1.807, 2.05) is 11.3 Å². The van der Waals surface area contributed by atoms with Gasteiger partial charge in [0.15, 0.2) is 0 Å². The Kier molecular flexibility index (Phi) is 5.82. The summed E-state index contributed by atoms with van der Waals surface area (Å²) in [4.78, 5) is 14.8. The van der Waals surface area contributed by atoms with E-state index < -0.39 is 0 Å². The normalized spacial score (nSPS) is 17.4. The van der Waals surface area contributed by atoms with Crippen LogP contribution in [0.4, 0.5) is 0 Å². The monoisotopic (exact) mass is 309 g/mol. The Morgan fingerprint density at radius 2 is 2.05 bits per heavy atom. The molecule has 0 aliphatic heterocycles. The van der Waals surface area contributed by atoms with Gasteiger partial charge in [-0.2, -0.15) is 0 Å². The number of esters is 1. The van der Waals surface area contributed by atoms with Crippen LogP contribution in [0.25, 0.3) is 0 Å². The molecule has 0 spiro atoms. The molecule has 0 amide bonds. The molecule has 1 aromatic heterocycles. The predicted octanol–water partition coefficient (Wildman–Crippen LogP) is 3.87. The molecule has 0 radical (unpaired) electrons. The first kappa shape index (κ1) is 16.5. The van der Waals surface area contributed by atoms with Gasteiger partial charge >= 0.3 is 5.97 Å². The minimum absolute atomic E-state index is 0.156. The average molecular weight is 309 g/mol. The van der Waals surface area contributed by atoms with E-state index in [4.69, 9.17) is 4.74 Å². The van der Waals surface area contributed by atoms with Crippen LogP contribution in [-0.4, -0.2) is 19.1 Å². The van der Waals surface area contributed by atoms with Crippen molar-refractivity contribution in [2.45, 2.75) is 65.0 Å². The highest BCUT2D eigenvalue weighted by molar-refractivity contribution is 7.12. The van der Waals surface area contributed by atoms with E-state index in [0.29, 0.717) is 5.92 Å². The number of fused-ring (bicyclic) bond motifs is 1. The summed E-state index contributed by atoms with van der Waals surface area (Å²) >= 11 is 1.91. The van der Waals surface area contributed by atoms with Gasteiger partial charge in [0.2, 0.25) is 0 Å². The number of nitrogens with one attached hydrogen (secondary N) is 1. The van der Waals surface area contributed by atoms with E-state index in [-0.39, 0.29) is 18.1 Å². The first-order valence-electron chi connectivity index (χ1n) is 7.96. The lowest BCUT2D eigenvalue weighted by molar-refractivity contribution is -0.143. The molecule has 0 fully saturated rings. The maximum atomic E-state index is 11.9. The average Bonchev–Trinajstić information content (AvgIpc) is 2.89. The molecule has 2 unspecified atom stereocenters. The number of rotatable bonds is 6. The highest BCUT2D eigenvalue weighted by Gasteiger charge is 2.24. The maximum Gasteiger partial charge on any atom is 0.322 e. The Balaban J connectivity index is 2.05. The van der Waals surface area contributed by atoms with E-state index in [1.165, 1.54) is 43.2 Å². The van der Waals surface area contributed by atoms with Crippen LogP contribution >= 0.6 is 11.3 Å². The summed E-state index contributed by atoms with van der Waals surface area (Å²) in [6, 6.07) is 2.31. The summed E-state index contributed by atoms with van der Waals surface area (Å²) in [5.41, 5.74) is 1.52. The number of hydrogen-bond acceptors (Lipinski definition) is 4. The standard InChI is InChI=1S/C17H27NO2S/c1-11(2)9-14(17(19)20-4)18-12(3)16-10-13-7-5-6-8-15(13)21-16/h10-12,14,18H,5-9H2,1-4H3. The number of carbonyl (C=O) groups excluding carboxylic acids is 1. The molecule has 0 aromatic carbocycles. The minimum Gasteiger partial charge on any atom is -0.468 e. The van der Waals surface area contributed by atoms with Crippen molar-refractivity contribution in [3.05, 3.63) is 21.4 Å². The van der Waals surface area contributed by atoms with Crippen molar-refractivity contribution in [2.24, 2.45) is 5.92 Å². The third kappa shape index (κ3) is 4.30. The Hall–Kier alpha value is -0.870. The van der Waals surface area contributed by atoms with Gasteiger partial charge in [0.1, 0.15) is 6.04 Å². The highest BCUT2D eigenvalue weighted by Crippen LogP contribution is 2.33. The summed E-state index contributed by atoms with van der Waals surface area (Å²) in [5.74, 6) is 0.308. The summed E-state index contributed by atoms with van der Waals surface area (Å²) < 4.78 is 4.93. The molecule has 118 valence electrons. The van der Waals surface area contributed by atoms with Gasteiger partial charge in [-0.25, -0.2) is 0 Å². The third-order valence-electron chi connectivity index (χ3n) is 4.09. The molecule has 1 aliphatic carbocycles. The lowest BCUT2D eigenvalue weighted by atomic mass is 9.98. The molecule has 1 N–H and O–H groups in total. The van der Waals surface area contributed by atoms with E-state index >= 15 is 0 Å². The zero-order valence-electron chi connectivity index (χ0n) is 13.6. The Morgan fingerprint density at radius 1 is 1.33 bits per heavy atom. The fraction of sp³-hybridized carbons (Fsp3) is 0.706. The Bertz CT molecular complexity index is 458. The number of ether oxygens (including phenoxy) is 1. The van der Waals surface area contributed by atoms with Crippen LogP contribution in [0.15, 0.2) is 6.07 Å². The molecule has 2 rings (SSSR count). The molecule has 3 nitrogen and oxygen atoms in total. The number of carbonyl (C=O) groups is 1. The van der Waals surface area contributed by atoms with Crippen molar-refractivity contribution in [3.63, 3.8) is 0 Å². The van der Waals surface area contributed by atoms with Crippen LogP contribution in [0.5, 0.6) is 0 Å². The number of hydrogen-bond donors (Lipinski definition) is 1. The zero-order valence-corrected chi connectivity index (χ0v) is 14.4. The molecule has 0 saturated carbocycles. The zero-order chi connectivity index (χ0) is 15.4. The molecular formula is C17H27NO2S. The van der Waals surface area contributed by atoms with Crippen molar-refractivity contribution >= 4 is 17.3 Å². The van der Waals surface area contributed by atoms with Crippen molar-refractivity contribution in [2.75, 3.05) is 7.11 Å². The molecule has 1 heterocycles. The Labute approximate surface area is 132 Å². The molecule has 4 heteroatoms. The maximum absolute atomic E-state index is 11.9. The van der Waals surface area contributed by atoms with Gasteiger partial charge in [-0.15, -0.1) is 11.3 Å². The molecule has 21 heavy (non-hydrogen) atoms. The van der Waals surface area contributed by atoms with Crippen molar-refractivity contribution in [3.8, 4) is 0 Å². The Morgan fingerprint density at radius 3 is 2.67 bits per heavy atom. The smallest absolute Gasteiger partial charge is 0.322 e. The van der Waals surface area contributed by atoms with Gasteiger partial charge < -0.3 is 4.74 Å². The van der Waals surface area contributed by atoms with Crippen molar-refractivity contribution < 1.29 is 9.53 Å². The quantitative estimate of drug-likeness (QED) is 0.811. The summed E-state index contributed by atoms with van der Waals surface area (Å²) in [6.45, 7) is 6.41. The first-order chi connectivity index (χ1) is 10.0. The number of methoxy groups -OCH3 is 1. The molecule has 1 aromatic rings. The largest absolute Gasteiger partial charge is 0.468 e. The summed E-state index contributed by atoms with van der Waals surface area (Å²) in [6.07, 6.45) is 5.86. The summed E-state index contributed by atoms with van der Waals surface area (Å²) in [7, 11) is 1.46. The lowest BCUT2D eigenvalue weighted by Crippen LogP contribution is -2.39. The van der Waals surface area contributed by atoms with Crippen molar-refractivity contribution in [1.29, 1.82) is 0 Å². The molecule has 1 aliphatic rings. The third-order valence-corrected chi connectivity index (χ3v) is 5.51. The highest BCUT2D eigenvalue weighted by atomic mass is 32.1. The first-order valence-corrected chi connectivity index (χ1v) is 8.78. The van der Waals surface area contributed by atoms with Gasteiger partial charge in [0.05, 0.1) is 7.11 Å². The van der Waals surface area contributed by atoms with E-state index in [0.717, 1.165) is 6.42 Å². The van der Waals surface area contributed by atoms with Gasteiger partial charge in [0, 0.05) is 15.8 Å². The van der Waals surface area contributed by atoms with Crippen LogP contribution in [0, 0.1) is 5.92 Å². The van der Waals surface area contributed by atoms with Gasteiger partial charge in [-0.3, -0.25) is 10.1 Å². The van der Waals surface area contributed by atoms with Crippen LogP contribution < -0.4 is 5.32 Å². The SMILES string of the molecule is COC(=O)C(CC(C)C)NC(C)c1cc2c(s1)CCCC2. The van der Waals surface area contributed by atoms with Crippen LogP contribution in [0.3, 0.4) is 0 Å². The number of aryl methyl sites for hydroxylation is 2.